The first kappa shape index (κ1) is 27.2. The Labute approximate surface area is 286 Å². The molecule has 0 radical (unpaired) electrons. The summed E-state index contributed by atoms with van der Waals surface area (Å²) in [4.78, 5) is 10.7. The molecule has 11 rings (SSSR count). The molecule has 0 aliphatic carbocycles. The van der Waals surface area contributed by atoms with Gasteiger partial charge in [-0.15, -0.1) is 0 Å². The maximum Gasteiger partial charge on any atom is 0.165 e. The molecular formula is C46H27N3O. The van der Waals surface area contributed by atoms with E-state index in [1.807, 2.05) is 42.5 Å². The zero-order valence-corrected chi connectivity index (χ0v) is 26.8. The average Bonchev–Trinajstić information content (AvgIpc) is 3.74. The van der Waals surface area contributed by atoms with Gasteiger partial charge in [-0.1, -0.05) is 133 Å². The van der Waals surface area contributed by atoms with E-state index in [0.29, 0.717) is 0 Å². The highest BCUT2D eigenvalue weighted by molar-refractivity contribution is 6.30. The molecule has 11 aromatic rings. The fourth-order valence-electron chi connectivity index (χ4n) is 7.99. The number of hydrogen-bond acceptors (Lipinski definition) is 3. The van der Waals surface area contributed by atoms with Gasteiger partial charge in [-0.3, -0.25) is 4.57 Å². The van der Waals surface area contributed by atoms with E-state index in [9.17, 15) is 0 Å². The number of hydrogen-bond donors (Lipinski definition) is 0. The summed E-state index contributed by atoms with van der Waals surface area (Å²) in [5.41, 5.74) is 9.68. The smallest absolute Gasteiger partial charge is 0.165 e. The lowest BCUT2D eigenvalue weighted by Crippen LogP contribution is -2.04. The van der Waals surface area contributed by atoms with E-state index in [1.165, 1.54) is 32.3 Å². The van der Waals surface area contributed by atoms with Crippen molar-refractivity contribution in [3.8, 4) is 28.2 Å². The minimum atomic E-state index is 0.799. The number of benzene rings is 8. The zero-order valence-electron chi connectivity index (χ0n) is 26.8. The van der Waals surface area contributed by atoms with Gasteiger partial charge in [-0.2, -0.15) is 0 Å². The summed E-state index contributed by atoms with van der Waals surface area (Å²) >= 11 is 0. The van der Waals surface area contributed by atoms with Gasteiger partial charge in [0.25, 0.3) is 0 Å². The Kier molecular flexibility index (Phi) is 5.63. The quantitative estimate of drug-likeness (QED) is 0.194. The molecule has 3 heterocycles. The van der Waals surface area contributed by atoms with E-state index < -0.39 is 0 Å². The van der Waals surface area contributed by atoms with Crippen molar-refractivity contribution < 1.29 is 4.42 Å². The number of para-hydroxylation sites is 4. The van der Waals surface area contributed by atoms with Gasteiger partial charge in [0.05, 0.1) is 22.1 Å². The van der Waals surface area contributed by atoms with Crippen molar-refractivity contribution in [2.75, 3.05) is 0 Å². The minimum Gasteiger partial charge on any atom is -0.455 e. The Bertz CT molecular complexity index is 3150. The molecule has 0 bridgehead atoms. The molecule has 0 N–H and O–H groups in total. The lowest BCUT2D eigenvalue weighted by molar-refractivity contribution is 0.670. The molecule has 4 nitrogen and oxygen atoms in total. The Morgan fingerprint density at radius 2 is 1.10 bits per heavy atom. The van der Waals surface area contributed by atoms with Crippen molar-refractivity contribution in [2.24, 2.45) is 0 Å². The lowest BCUT2D eigenvalue weighted by Gasteiger charge is -2.15. The lowest BCUT2D eigenvalue weighted by atomic mass is 9.93. The van der Waals surface area contributed by atoms with Crippen molar-refractivity contribution in [3.05, 3.63) is 164 Å². The number of nitrogens with zero attached hydrogens (tertiary/aromatic N) is 3. The Morgan fingerprint density at radius 3 is 1.96 bits per heavy atom. The van der Waals surface area contributed by atoms with Crippen LogP contribution < -0.4 is 0 Å². The van der Waals surface area contributed by atoms with Crippen LogP contribution in [0.4, 0.5) is 0 Å². The molecular weight excluding hydrogens is 611 g/mol. The topological polar surface area (TPSA) is 43.9 Å². The molecule has 3 aromatic heterocycles. The Balaban J connectivity index is 1.36. The number of aromatic nitrogens is 3. The van der Waals surface area contributed by atoms with Crippen molar-refractivity contribution >= 4 is 76.3 Å². The summed E-state index contributed by atoms with van der Waals surface area (Å²) in [6.45, 7) is 0. The molecule has 50 heavy (non-hydrogen) atoms. The van der Waals surface area contributed by atoms with E-state index >= 15 is 0 Å². The van der Waals surface area contributed by atoms with Gasteiger partial charge in [0.1, 0.15) is 16.9 Å². The molecule has 0 amide bonds. The van der Waals surface area contributed by atoms with E-state index in [-0.39, 0.29) is 0 Å². The highest BCUT2D eigenvalue weighted by Crippen LogP contribution is 2.46. The number of furan rings is 1. The first-order valence-corrected chi connectivity index (χ1v) is 16.9. The number of fused-ring (bicyclic) bond motifs is 11. The van der Waals surface area contributed by atoms with Crippen LogP contribution in [0, 0.1) is 0 Å². The third-order valence-electron chi connectivity index (χ3n) is 10.2. The van der Waals surface area contributed by atoms with Crippen molar-refractivity contribution in [3.63, 3.8) is 0 Å². The molecule has 0 unspecified atom stereocenters. The van der Waals surface area contributed by atoms with Crippen molar-refractivity contribution in [2.45, 2.75) is 0 Å². The minimum absolute atomic E-state index is 0.799. The fraction of sp³-hybridized carbons (Fsp3) is 0. The third-order valence-corrected chi connectivity index (χ3v) is 10.2. The highest BCUT2D eigenvalue weighted by Gasteiger charge is 2.24. The average molecular weight is 638 g/mol. The second-order valence-electron chi connectivity index (χ2n) is 12.9. The maximum absolute atomic E-state index is 6.63. The molecule has 0 atom stereocenters. The monoisotopic (exact) mass is 637 g/mol. The predicted octanol–water partition coefficient (Wildman–Crippen LogP) is 12.3. The SMILES string of the molecule is c1ccc(-c2nc3ccccc3nc2-n2c3ccc4ccccc4c3c3c4ccccc4c(-c4cccc5c4oc4ccccc45)cc32)cc1. The first-order valence-electron chi connectivity index (χ1n) is 16.9. The van der Waals surface area contributed by atoms with Crippen LogP contribution in [0.2, 0.25) is 0 Å². The van der Waals surface area contributed by atoms with Gasteiger partial charge in [0, 0.05) is 32.7 Å². The van der Waals surface area contributed by atoms with E-state index in [2.05, 4.69) is 126 Å². The van der Waals surface area contributed by atoms with Gasteiger partial charge >= 0.3 is 0 Å². The second kappa shape index (κ2) is 10.4. The first-order chi connectivity index (χ1) is 24.8. The summed E-state index contributed by atoms with van der Waals surface area (Å²) in [5.74, 6) is 0.799. The Hall–Kier alpha value is -6.78. The summed E-state index contributed by atoms with van der Waals surface area (Å²) in [6, 6.07) is 57.6. The molecule has 4 heteroatoms. The third kappa shape index (κ3) is 3.81. The molecule has 0 aliphatic rings. The summed E-state index contributed by atoms with van der Waals surface area (Å²) in [5, 5.41) is 9.40. The van der Waals surface area contributed by atoms with Gasteiger partial charge in [0.2, 0.25) is 0 Å². The van der Waals surface area contributed by atoms with Gasteiger partial charge < -0.3 is 4.42 Å². The van der Waals surface area contributed by atoms with Crippen molar-refractivity contribution in [1.82, 2.24) is 14.5 Å². The summed E-state index contributed by atoms with van der Waals surface area (Å²) < 4.78 is 8.97. The van der Waals surface area contributed by atoms with Gasteiger partial charge in [-0.25, -0.2) is 9.97 Å². The molecule has 8 aromatic carbocycles. The van der Waals surface area contributed by atoms with Crippen LogP contribution in [0.5, 0.6) is 0 Å². The summed E-state index contributed by atoms with van der Waals surface area (Å²) in [6.07, 6.45) is 0. The largest absolute Gasteiger partial charge is 0.455 e. The molecule has 0 saturated carbocycles. The second-order valence-corrected chi connectivity index (χ2v) is 12.9. The molecule has 0 spiro atoms. The van der Waals surface area contributed by atoms with Gasteiger partial charge in [-0.05, 0) is 57.4 Å². The van der Waals surface area contributed by atoms with Crippen LogP contribution in [0.3, 0.4) is 0 Å². The molecule has 232 valence electrons. The normalized spacial score (nSPS) is 12.0. The molecule has 0 fully saturated rings. The molecule has 0 aliphatic heterocycles. The van der Waals surface area contributed by atoms with Crippen LogP contribution in [0.1, 0.15) is 0 Å². The predicted molar refractivity (Wildman–Crippen MR) is 207 cm³/mol. The van der Waals surface area contributed by atoms with E-state index in [0.717, 1.165) is 72.2 Å². The van der Waals surface area contributed by atoms with Gasteiger partial charge in [0.15, 0.2) is 5.82 Å². The maximum atomic E-state index is 6.63. The van der Waals surface area contributed by atoms with Crippen LogP contribution >= 0.6 is 0 Å². The van der Waals surface area contributed by atoms with Crippen LogP contribution in [0.25, 0.3) is 105 Å². The van der Waals surface area contributed by atoms with Crippen LogP contribution in [-0.2, 0) is 0 Å². The highest BCUT2D eigenvalue weighted by atomic mass is 16.3. The molecule has 0 saturated heterocycles. The van der Waals surface area contributed by atoms with Crippen LogP contribution in [0.15, 0.2) is 168 Å². The summed E-state index contributed by atoms with van der Waals surface area (Å²) in [7, 11) is 0. The van der Waals surface area contributed by atoms with E-state index in [1.54, 1.807) is 0 Å². The van der Waals surface area contributed by atoms with Crippen molar-refractivity contribution in [1.29, 1.82) is 0 Å². The Morgan fingerprint density at radius 1 is 0.440 bits per heavy atom. The van der Waals surface area contributed by atoms with Crippen LogP contribution in [-0.4, -0.2) is 14.5 Å². The fourth-order valence-corrected chi connectivity index (χ4v) is 7.99. The standard InChI is InChI=1S/C46H27N3O/c1-2-14-29(15-3-1)44-46(48-38-23-10-9-22-37(38)47-44)49-39-26-25-28-13-4-5-16-30(28)42(39)43-33-19-7-6-17-31(33)36(27-40(43)49)35-21-12-20-34-32-18-8-11-24-41(32)50-45(34)35/h1-27H. The zero-order chi connectivity index (χ0) is 32.8. The van der Waals surface area contributed by atoms with E-state index in [4.69, 9.17) is 14.4 Å². The number of rotatable bonds is 3.